The van der Waals surface area contributed by atoms with Gasteiger partial charge < -0.3 is 4.90 Å². The van der Waals surface area contributed by atoms with Gasteiger partial charge in [0.05, 0.1) is 22.6 Å². The Balaban J connectivity index is 2.19. The van der Waals surface area contributed by atoms with E-state index in [0.29, 0.717) is 23.1 Å². The molecule has 33 heavy (non-hydrogen) atoms. The van der Waals surface area contributed by atoms with Gasteiger partial charge in [-0.1, -0.05) is 51.8 Å². The Morgan fingerprint density at radius 3 is 2.39 bits per heavy atom. The second-order valence-corrected chi connectivity index (χ2v) is 9.02. The minimum absolute atomic E-state index is 0.00810. The number of amides is 1. The first kappa shape index (κ1) is 24.7. The Labute approximate surface area is 197 Å². The molecule has 5 heteroatoms. The van der Waals surface area contributed by atoms with Crippen LogP contribution < -0.4 is 5.56 Å². The standard InChI is InChI=1S/C28H37N3O2/c1-7-10-13-21(8-2)27(32)30(6)25(9-3)26-29-24-15-12-11-14-23(24)28(33)31(26)22-17-16-19(4)20(5)18-22/h11-12,14-18,21,25H,7-10,13H2,1-6H3. The Morgan fingerprint density at radius 2 is 1.76 bits per heavy atom. The van der Waals surface area contributed by atoms with E-state index in [2.05, 4.69) is 20.8 Å². The lowest BCUT2D eigenvalue weighted by atomic mass is 9.96. The van der Waals surface area contributed by atoms with Crippen LogP contribution in [-0.2, 0) is 4.79 Å². The Kier molecular flexibility index (Phi) is 8.06. The van der Waals surface area contributed by atoms with E-state index in [1.165, 1.54) is 5.56 Å². The van der Waals surface area contributed by atoms with E-state index in [1.54, 1.807) is 4.57 Å². The van der Waals surface area contributed by atoms with Gasteiger partial charge in [0.25, 0.3) is 5.56 Å². The topological polar surface area (TPSA) is 55.2 Å². The summed E-state index contributed by atoms with van der Waals surface area (Å²) in [7, 11) is 1.86. The molecule has 0 radical (unpaired) electrons. The molecule has 0 spiro atoms. The number of aryl methyl sites for hydroxylation is 2. The van der Waals surface area contributed by atoms with Crippen LogP contribution in [0.15, 0.2) is 47.3 Å². The molecule has 1 aromatic heterocycles. The van der Waals surface area contributed by atoms with Gasteiger partial charge in [0.1, 0.15) is 5.82 Å². The zero-order valence-corrected chi connectivity index (χ0v) is 20.9. The third kappa shape index (κ3) is 5.02. The van der Waals surface area contributed by atoms with Crippen LogP contribution in [0.4, 0.5) is 0 Å². The number of hydrogen-bond acceptors (Lipinski definition) is 3. The van der Waals surface area contributed by atoms with E-state index in [1.807, 2.05) is 68.3 Å². The van der Waals surface area contributed by atoms with E-state index in [-0.39, 0.29) is 23.4 Å². The number of carbonyl (C=O) groups is 1. The first-order valence-corrected chi connectivity index (χ1v) is 12.2. The molecule has 1 heterocycles. The van der Waals surface area contributed by atoms with E-state index >= 15 is 0 Å². The van der Waals surface area contributed by atoms with Crippen molar-refractivity contribution in [2.75, 3.05) is 7.05 Å². The summed E-state index contributed by atoms with van der Waals surface area (Å²) >= 11 is 0. The monoisotopic (exact) mass is 447 g/mol. The van der Waals surface area contributed by atoms with E-state index in [4.69, 9.17) is 4.98 Å². The molecule has 5 nitrogen and oxygen atoms in total. The number of rotatable bonds is 9. The smallest absolute Gasteiger partial charge is 0.266 e. The normalized spacial score (nSPS) is 13.2. The molecule has 0 aliphatic carbocycles. The fourth-order valence-electron chi connectivity index (χ4n) is 4.51. The molecule has 176 valence electrons. The molecular formula is C28H37N3O2. The summed E-state index contributed by atoms with van der Waals surface area (Å²) in [5.41, 5.74) is 3.63. The van der Waals surface area contributed by atoms with Crippen molar-refractivity contribution in [3.8, 4) is 5.69 Å². The molecule has 2 atom stereocenters. The van der Waals surface area contributed by atoms with Gasteiger partial charge >= 0.3 is 0 Å². The van der Waals surface area contributed by atoms with Crippen LogP contribution in [0.5, 0.6) is 0 Å². The number of fused-ring (bicyclic) bond motifs is 1. The summed E-state index contributed by atoms with van der Waals surface area (Å²) in [5.74, 6) is 0.740. The van der Waals surface area contributed by atoms with Crippen molar-refractivity contribution in [2.45, 2.75) is 72.8 Å². The highest BCUT2D eigenvalue weighted by Gasteiger charge is 2.29. The van der Waals surface area contributed by atoms with Crippen molar-refractivity contribution in [1.82, 2.24) is 14.5 Å². The molecule has 3 rings (SSSR count). The van der Waals surface area contributed by atoms with Crippen molar-refractivity contribution >= 4 is 16.8 Å². The van der Waals surface area contributed by atoms with Gasteiger partial charge in [0.2, 0.25) is 5.91 Å². The van der Waals surface area contributed by atoms with Crippen LogP contribution in [0.3, 0.4) is 0 Å². The van der Waals surface area contributed by atoms with Crippen LogP contribution in [-0.4, -0.2) is 27.4 Å². The maximum Gasteiger partial charge on any atom is 0.266 e. The molecule has 2 unspecified atom stereocenters. The second-order valence-electron chi connectivity index (χ2n) is 9.02. The SMILES string of the molecule is CCCCC(CC)C(=O)N(C)C(CC)c1nc2ccccc2c(=O)n1-c1ccc(C)c(C)c1. The molecule has 0 aliphatic heterocycles. The van der Waals surface area contributed by atoms with Crippen molar-refractivity contribution < 1.29 is 4.79 Å². The van der Waals surface area contributed by atoms with Gasteiger partial charge in [-0.2, -0.15) is 0 Å². The first-order valence-electron chi connectivity index (χ1n) is 12.2. The maximum atomic E-state index is 13.7. The quantitative estimate of drug-likeness (QED) is 0.396. The molecular weight excluding hydrogens is 410 g/mol. The zero-order chi connectivity index (χ0) is 24.1. The van der Waals surface area contributed by atoms with Gasteiger partial charge in [-0.25, -0.2) is 4.98 Å². The Hall–Kier alpha value is -2.95. The molecule has 3 aromatic rings. The minimum Gasteiger partial charge on any atom is -0.335 e. The molecule has 0 saturated heterocycles. The third-order valence-corrected chi connectivity index (χ3v) is 6.80. The summed E-state index contributed by atoms with van der Waals surface area (Å²) in [6.45, 7) is 10.4. The van der Waals surface area contributed by atoms with E-state index < -0.39 is 0 Å². The average Bonchev–Trinajstić information content (AvgIpc) is 2.82. The highest BCUT2D eigenvalue weighted by atomic mass is 16.2. The predicted octanol–water partition coefficient (Wildman–Crippen LogP) is 6.13. The lowest BCUT2D eigenvalue weighted by Crippen LogP contribution is -2.39. The third-order valence-electron chi connectivity index (χ3n) is 6.80. The van der Waals surface area contributed by atoms with Crippen LogP contribution in [0.1, 0.15) is 75.9 Å². The van der Waals surface area contributed by atoms with Crippen molar-refractivity contribution in [2.24, 2.45) is 5.92 Å². The molecule has 0 fully saturated rings. The molecule has 0 saturated carbocycles. The molecule has 1 amide bonds. The summed E-state index contributed by atoms with van der Waals surface area (Å²) in [6.07, 6.45) is 4.48. The number of para-hydroxylation sites is 1. The van der Waals surface area contributed by atoms with Crippen molar-refractivity contribution in [3.05, 3.63) is 69.8 Å². The van der Waals surface area contributed by atoms with Gasteiger partial charge in [0.15, 0.2) is 0 Å². The fraction of sp³-hybridized carbons (Fsp3) is 0.464. The van der Waals surface area contributed by atoms with Crippen molar-refractivity contribution in [1.29, 1.82) is 0 Å². The average molecular weight is 448 g/mol. The number of nitrogens with zero attached hydrogens (tertiary/aromatic N) is 3. The predicted molar refractivity (Wildman–Crippen MR) is 136 cm³/mol. The molecule has 0 N–H and O–H groups in total. The molecule has 0 bridgehead atoms. The summed E-state index contributed by atoms with van der Waals surface area (Å²) in [5, 5.41) is 0.581. The lowest BCUT2D eigenvalue weighted by molar-refractivity contribution is -0.137. The fourth-order valence-corrected chi connectivity index (χ4v) is 4.51. The van der Waals surface area contributed by atoms with E-state index in [9.17, 15) is 9.59 Å². The van der Waals surface area contributed by atoms with Crippen LogP contribution in [0, 0.1) is 19.8 Å². The minimum atomic E-state index is -0.299. The molecule has 0 aliphatic rings. The number of hydrogen-bond donors (Lipinski definition) is 0. The second kappa shape index (κ2) is 10.8. The first-order chi connectivity index (χ1) is 15.8. The number of carbonyl (C=O) groups excluding carboxylic acids is 1. The summed E-state index contributed by atoms with van der Waals surface area (Å²) in [4.78, 5) is 33.9. The van der Waals surface area contributed by atoms with Gasteiger partial charge in [-0.15, -0.1) is 0 Å². The summed E-state index contributed by atoms with van der Waals surface area (Å²) in [6, 6.07) is 13.2. The largest absolute Gasteiger partial charge is 0.335 e. The van der Waals surface area contributed by atoms with Gasteiger partial charge in [0, 0.05) is 13.0 Å². The molecule has 2 aromatic carbocycles. The van der Waals surface area contributed by atoms with Crippen LogP contribution >= 0.6 is 0 Å². The van der Waals surface area contributed by atoms with Gasteiger partial charge in [-0.05, 0) is 68.5 Å². The number of benzene rings is 2. The maximum absolute atomic E-state index is 13.7. The summed E-state index contributed by atoms with van der Waals surface area (Å²) < 4.78 is 1.71. The lowest BCUT2D eigenvalue weighted by Gasteiger charge is -2.31. The number of aromatic nitrogens is 2. The Bertz CT molecular complexity index is 1180. The van der Waals surface area contributed by atoms with Gasteiger partial charge in [-0.3, -0.25) is 14.2 Å². The Morgan fingerprint density at radius 1 is 1.03 bits per heavy atom. The highest BCUT2D eigenvalue weighted by molar-refractivity contribution is 5.80. The van der Waals surface area contributed by atoms with E-state index in [0.717, 1.165) is 36.9 Å². The van der Waals surface area contributed by atoms with Crippen molar-refractivity contribution in [3.63, 3.8) is 0 Å². The highest BCUT2D eigenvalue weighted by Crippen LogP contribution is 2.28. The van der Waals surface area contributed by atoms with Crippen LogP contribution in [0.25, 0.3) is 16.6 Å². The number of unbranched alkanes of at least 4 members (excludes halogenated alkanes) is 1. The zero-order valence-electron chi connectivity index (χ0n) is 20.9. The van der Waals surface area contributed by atoms with Crippen LogP contribution in [0.2, 0.25) is 0 Å².